The van der Waals surface area contributed by atoms with E-state index in [1.165, 1.54) is 51.7 Å². The van der Waals surface area contributed by atoms with Crippen LogP contribution in [0.4, 0.5) is 5.69 Å². The molecule has 0 heterocycles. The maximum absolute atomic E-state index is 12.7. The molecular weight excluding hydrogens is 338 g/mol. The highest BCUT2D eigenvalue weighted by Gasteiger charge is 2.24. The molecule has 0 bridgehead atoms. The predicted octanol–water partition coefficient (Wildman–Crippen LogP) is 3.51. The highest BCUT2D eigenvalue weighted by molar-refractivity contribution is 6.31. The van der Waals surface area contributed by atoms with Crippen LogP contribution in [0.15, 0.2) is 30.3 Å². The van der Waals surface area contributed by atoms with Crippen LogP contribution in [0, 0.1) is 10.1 Å². The average molecular weight is 352 g/mol. The van der Waals surface area contributed by atoms with Gasteiger partial charge in [-0.2, -0.15) is 0 Å². The molecule has 0 N–H and O–H groups in total. The van der Waals surface area contributed by atoms with Gasteiger partial charge < -0.3 is 14.2 Å². The van der Waals surface area contributed by atoms with Gasteiger partial charge in [0.2, 0.25) is 5.75 Å². The number of ketones is 1. The van der Waals surface area contributed by atoms with E-state index in [0.29, 0.717) is 5.75 Å². The maximum Gasteiger partial charge on any atom is 0.280 e. The third kappa shape index (κ3) is 3.26. The summed E-state index contributed by atoms with van der Waals surface area (Å²) in [6, 6.07) is 6.65. The van der Waals surface area contributed by atoms with Gasteiger partial charge >= 0.3 is 0 Å². The van der Waals surface area contributed by atoms with Gasteiger partial charge in [-0.25, -0.2) is 0 Å². The molecule has 0 fully saturated rings. The fourth-order valence-corrected chi connectivity index (χ4v) is 2.39. The van der Waals surface area contributed by atoms with Crippen molar-refractivity contribution >= 4 is 23.1 Å². The van der Waals surface area contributed by atoms with Crippen LogP contribution in [0.2, 0.25) is 5.02 Å². The Morgan fingerprint density at radius 3 is 2.08 bits per heavy atom. The number of ether oxygens (including phenoxy) is 3. The average Bonchev–Trinajstić information content (AvgIpc) is 2.59. The fraction of sp³-hybridized carbons (Fsp3) is 0.188. The second kappa shape index (κ2) is 7.18. The molecule has 2 rings (SSSR count). The van der Waals surface area contributed by atoms with Crippen LogP contribution < -0.4 is 14.2 Å². The van der Waals surface area contributed by atoms with E-state index in [0.717, 1.165) is 0 Å². The quantitative estimate of drug-likeness (QED) is 0.449. The Hall–Kier alpha value is -2.80. The second-order valence-corrected chi connectivity index (χ2v) is 5.10. The standard InChI is InChI=1S/C16H14ClNO6/c1-22-13-6-9(7-14(23-2)16(13)24-3)15(19)11-8-10(17)4-5-12(11)18(20)21/h4-8H,1-3H3. The van der Waals surface area contributed by atoms with Crippen molar-refractivity contribution < 1.29 is 23.9 Å². The van der Waals surface area contributed by atoms with E-state index in [1.54, 1.807) is 0 Å². The van der Waals surface area contributed by atoms with E-state index in [1.807, 2.05) is 0 Å². The number of nitro groups is 1. The summed E-state index contributed by atoms with van der Waals surface area (Å²) in [5.74, 6) is 0.273. The van der Waals surface area contributed by atoms with Crippen LogP contribution in [0.5, 0.6) is 17.2 Å². The van der Waals surface area contributed by atoms with Crippen LogP contribution in [0.1, 0.15) is 15.9 Å². The molecule has 8 heteroatoms. The van der Waals surface area contributed by atoms with Crippen LogP contribution in [-0.2, 0) is 0 Å². The number of hydrogen-bond acceptors (Lipinski definition) is 6. The molecule has 0 spiro atoms. The van der Waals surface area contributed by atoms with Gasteiger partial charge in [0.25, 0.3) is 5.69 Å². The molecule has 0 saturated heterocycles. The minimum atomic E-state index is -0.637. The third-order valence-electron chi connectivity index (χ3n) is 3.33. The molecule has 24 heavy (non-hydrogen) atoms. The fourth-order valence-electron chi connectivity index (χ4n) is 2.22. The molecule has 126 valence electrons. The molecule has 0 aliphatic rings. The van der Waals surface area contributed by atoms with Gasteiger partial charge in [0.05, 0.1) is 26.3 Å². The largest absolute Gasteiger partial charge is 0.493 e. The highest BCUT2D eigenvalue weighted by Crippen LogP contribution is 2.39. The topological polar surface area (TPSA) is 87.9 Å². The Kier molecular flexibility index (Phi) is 5.25. The molecule has 2 aromatic rings. The number of halogens is 1. The first kappa shape index (κ1) is 17.6. The summed E-state index contributed by atoms with van der Waals surface area (Å²) in [4.78, 5) is 23.3. The summed E-state index contributed by atoms with van der Waals surface area (Å²) in [5, 5.41) is 11.4. The van der Waals surface area contributed by atoms with E-state index in [-0.39, 0.29) is 33.3 Å². The monoisotopic (exact) mass is 351 g/mol. The summed E-state index contributed by atoms with van der Waals surface area (Å²) < 4.78 is 15.6. The Morgan fingerprint density at radius 1 is 1.04 bits per heavy atom. The number of rotatable bonds is 6. The van der Waals surface area contributed by atoms with Gasteiger partial charge in [-0.15, -0.1) is 0 Å². The van der Waals surface area contributed by atoms with Crippen molar-refractivity contribution in [2.75, 3.05) is 21.3 Å². The lowest BCUT2D eigenvalue weighted by Crippen LogP contribution is -2.07. The van der Waals surface area contributed by atoms with E-state index in [4.69, 9.17) is 25.8 Å². The molecule has 7 nitrogen and oxygen atoms in total. The number of hydrogen-bond donors (Lipinski definition) is 0. The van der Waals surface area contributed by atoms with E-state index >= 15 is 0 Å². The van der Waals surface area contributed by atoms with Crippen molar-refractivity contribution in [2.24, 2.45) is 0 Å². The third-order valence-corrected chi connectivity index (χ3v) is 3.56. The lowest BCUT2D eigenvalue weighted by molar-refractivity contribution is -0.385. The van der Waals surface area contributed by atoms with Gasteiger partial charge in [0.15, 0.2) is 17.3 Å². The Balaban J connectivity index is 2.63. The van der Waals surface area contributed by atoms with Crippen LogP contribution in [-0.4, -0.2) is 32.0 Å². The van der Waals surface area contributed by atoms with Gasteiger partial charge in [0, 0.05) is 16.7 Å². The van der Waals surface area contributed by atoms with Gasteiger partial charge in [0.1, 0.15) is 5.56 Å². The summed E-state index contributed by atoms with van der Waals surface area (Å²) in [5.41, 5.74) is -0.310. The molecule has 0 unspecified atom stereocenters. The van der Waals surface area contributed by atoms with Crippen LogP contribution in [0.25, 0.3) is 0 Å². The van der Waals surface area contributed by atoms with Crippen LogP contribution >= 0.6 is 11.6 Å². The van der Waals surface area contributed by atoms with Crippen molar-refractivity contribution in [3.8, 4) is 17.2 Å². The van der Waals surface area contributed by atoms with Gasteiger partial charge in [-0.3, -0.25) is 14.9 Å². The van der Waals surface area contributed by atoms with Gasteiger partial charge in [-0.1, -0.05) is 11.6 Å². The number of methoxy groups -OCH3 is 3. The van der Waals surface area contributed by atoms with E-state index < -0.39 is 10.7 Å². The zero-order valence-electron chi connectivity index (χ0n) is 13.2. The van der Waals surface area contributed by atoms with Gasteiger partial charge in [-0.05, 0) is 24.3 Å². The second-order valence-electron chi connectivity index (χ2n) is 4.66. The number of nitrogens with zero attached hydrogens (tertiary/aromatic N) is 1. The molecule has 0 aliphatic heterocycles. The number of carbonyl (C=O) groups excluding carboxylic acids is 1. The van der Waals surface area contributed by atoms with Crippen molar-refractivity contribution in [2.45, 2.75) is 0 Å². The zero-order chi connectivity index (χ0) is 17.9. The first-order valence-corrected chi connectivity index (χ1v) is 7.09. The Morgan fingerprint density at radius 2 is 1.62 bits per heavy atom. The number of benzene rings is 2. The molecule has 0 atom stereocenters. The minimum absolute atomic E-state index is 0.123. The summed E-state index contributed by atoms with van der Waals surface area (Å²) in [7, 11) is 4.25. The lowest BCUT2D eigenvalue weighted by atomic mass is 10.0. The zero-order valence-corrected chi connectivity index (χ0v) is 13.9. The van der Waals surface area contributed by atoms with Crippen molar-refractivity contribution in [1.29, 1.82) is 0 Å². The minimum Gasteiger partial charge on any atom is -0.493 e. The van der Waals surface area contributed by atoms with E-state index in [9.17, 15) is 14.9 Å². The van der Waals surface area contributed by atoms with Crippen LogP contribution in [0.3, 0.4) is 0 Å². The SMILES string of the molecule is COc1cc(C(=O)c2cc(Cl)ccc2[N+](=O)[O-])cc(OC)c1OC. The van der Waals surface area contributed by atoms with Crippen molar-refractivity contribution in [3.05, 3.63) is 56.6 Å². The summed E-state index contributed by atoms with van der Waals surface area (Å²) in [6.07, 6.45) is 0. The molecule has 0 saturated carbocycles. The summed E-state index contributed by atoms with van der Waals surface area (Å²) in [6.45, 7) is 0. The molecule has 0 radical (unpaired) electrons. The number of carbonyl (C=O) groups is 1. The number of nitro benzene ring substituents is 1. The maximum atomic E-state index is 12.7. The summed E-state index contributed by atoms with van der Waals surface area (Å²) >= 11 is 5.87. The molecule has 2 aromatic carbocycles. The first-order valence-electron chi connectivity index (χ1n) is 6.71. The Labute approximate surface area is 142 Å². The highest BCUT2D eigenvalue weighted by atomic mass is 35.5. The van der Waals surface area contributed by atoms with Crippen molar-refractivity contribution in [3.63, 3.8) is 0 Å². The first-order chi connectivity index (χ1) is 11.4. The molecule has 0 aromatic heterocycles. The van der Waals surface area contributed by atoms with E-state index in [2.05, 4.69) is 0 Å². The van der Waals surface area contributed by atoms with Crippen molar-refractivity contribution in [1.82, 2.24) is 0 Å². The molecule has 0 amide bonds. The smallest absolute Gasteiger partial charge is 0.280 e. The lowest BCUT2D eigenvalue weighted by Gasteiger charge is -2.13. The molecule has 0 aliphatic carbocycles. The normalized spacial score (nSPS) is 10.2. The Bertz CT molecular complexity index is 780. The molecular formula is C16H14ClNO6. The predicted molar refractivity (Wildman–Crippen MR) is 87.6 cm³/mol.